The van der Waals surface area contributed by atoms with Gasteiger partial charge in [-0.1, -0.05) is 0 Å². The second-order valence-electron chi connectivity index (χ2n) is 4.45. The van der Waals surface area contributed by atoms with Gasteiger partial charge in [-0.05, 0) is 57.5 Å². The number of rotatable bonds is 4. The quantitative estimate of drug-likeness (QED) is 0.437. The van der Waals surface area contributed by atoms with Crippen LogP contribution in [0.25, 0.3) is 11.0 Å². The van der Waals surface area contributed by atoms with Crippen molar-refractivity contribution in [3.05, 3.63) is 49.7 Å². The molecule has 1 aromatic carbocycles. The number of hydrogen-bond donors (Lipinski definition) is 0. The molecule has 0 fully saturated rings. The molecule has 2 nitrogen and oxygen atoms in total. The Morgan fingerprint density at radius 2 is 2.25 bits per heavy atom. The minimum Gasteiger partial charge on any atom is -0.327 e. The predicted molar refractivity (Wildman–Crippen MR) is 90.0 cm³/mol. The van der Waals surface area contributed by atoms with Gasteiger partial charge in [0.25, 0.3) is 0 Å². The predicted octanol–water partition coefficient (Wildman–Crippen LogP) is 4.82. The molecule has 0 aliphatic rings. The maximum atomic E-state index is 13.8. The first-order valence-electron chi connectivity index (χ1n) is 6.10. The molecular weight excluding hydrogens is 410 g/mol. The Balaban J connectivity index is 2.01. The van der Waals surface area contributed by atoms with Crippen LogP contribution >= 0.6 is 45.5 Å². The molecule has 104 valence electrons. The molecule has 0 amide bonds. The van der Waals surface area contributed by atoms with E-state index in [0.29, 0.717) is 9.45 Å². The smallest absolute Gasteiger partial charge is 0.138 e. The molecule has 0 N–H and O–H groups in total. The lowest BCUT2D eigenvalue weighted by molar-refractivity contribution is 0.619. The highest BCUT2D eigenvalue weighted by atomic mass is 127. The van der Waals surface area contributed by atoms with Crippen molar-refractivity contribution in [1.29, 1.82) is 0 Å². The minimum absolute atomic E-state index is 0.212. The van der Waals surface area contributed by atoms with Crippen molar-refractivity contribution in [2.24, 2.45) is 0 Å². The summed E-state index contributed by atoms with van der Waals surface area (Å²) in [6.45, 7) is 0.759. The number of fused-ring (bicyclic) bond motifs is 1. The summed E-state index contributed by atoms with van der Waals surface area (Å²) in [5.74, 6) is 0.908. The third kappa shape index (κ3) is 2.71. The van der Waals surface area contributed by atoms with Gasteiger partial charge in [-0.3, -0.25) is 0 Å². The van der Waals surface area contributed by atoms with Gasteiger partial charge in [0.2, 0.25) is 0 Å². The second-order valence-corrected chi connectivity index (χ2v) is 6.66. The average Bonchev–Trinajstić information content (AvgIpc) is 3.05. The number of benzene rings is 1. The average molecular weight is 421 g/mol. The summed E-state index contributed by atoms with van der Waals surface area (Å²) in [5.41, 5.74) is 2.90. The molecule has 0 aliphatic carbocycles. The molecule has 0 radical (unpaired) electrons. The molecule has 0 unspecified atom stereocenters. The van der Waals surface area contributed by atoms with Crippen LogP contribution in [0.1, 0.15) is 11.4 Å². The zero-order chi connectivity index (χ0) is 14.1. The van der Waals surface area contributed by atoms with E-state index in [9.17, 15) is 4.39 Å². The monoisotopic (exact) mass is 420 g/mol. The SMILES string of the molecule is Fc1cc2c(cc1I)nc(CCl)n2CCc1ccsc1. The Labute approximate surface area is 138 Å². The van der Waals surface area contributed by atoms with Gasteiger partial charge in [0.15, 0.2) is 0 Å². The zero-order valence-electron chi connectivity index (χ0n) is 10.4. The molecule has 0 saturated heterocycles. The van der Waals surface area contributed by atoms with Crippen LogP contribution in [0.5, 0.6) is 0 Å². The third-order valence-corrected chi connectivity index (χ3v) is 4.99. The highest BCUT2D eigenvalue weighted by molar-refractivity contribution is 14.1. The molecular formula is C14H11ClFIN2S. The molecule has 0 spiro atoms. The molecule has 2 heterocycles. The molecule has 20 heavy (non-hydrogen) atoms. The molecule has 6 heteroatoms. The molecule has 0 bridgehead atoms. The molecule has 0 saturated carbocycles. The Morgan fingerprint density at radius 3 is 2.95 bits per heavy atom. The van der Waals surface area contributed by atoms with E-state index in [4.69, 9.17) is 11.6 Å². The van der Waals surface area contributed by atoms with Gasteiger partial charge in [0.1, 0.15) is 11.6 Å². The van der Waals surface area contributed by atoms with Crippen LogP contribution in [0.2, 0.25) is 0 Å². The number of nitrogens with zero attached hydrogens (tertiary/aromatic N) is 2. The van der Waals surface area contributed by atoms with Crippen LogP contribution in [0, 0.1) is 9.39 Å². The first-order chi connectivity index (χ1) is 9.69. The zero-order valence-corrected chi connectivity index (χ0v) is 14.2. The summed E-state index contributed by atoms with van der Waals surface area (Å²) >= 11 is 9.63. The Kier molecular flexibility index (Phi) is 4.28. The normalized spacial score (nSPS) is 11.3. The van der Waals surface area contributed by atoms with E-state index < -0.39 is 0 Å². The molecule has 3 aromatic rings. The number of hydrogen-bond acceptors (Lipinski definition) is 2. The van der Waals surface area contributed by atoms with E-state index in [2.05, 4.69) is 21.8 Å². The van der Waals surface area contributed by atoms with Gasteiger partial charge in [-0.25, -0.2) is 9.37 Å². The van der Waals surface area contributed by atoms with Gasteiger partial charge in [-0.2, -0.15) is 11.3 Å². The van der Waals surface area contributed by atoms with E-state index in [-0.39, 0.29) is 5.82 Å². The van der Waals surface area contributed by atoms with E-state index >= 15 is 0 Å². The first kappa shape index (κ1) is 14.3. The summed E-state index contributed by atoms with van der Waals surface area (Å²) in [5, 5.41) is 4.19. The lowest BCUT2D eigenvalue weighted by Crippen LogP contribution is -2.05. The van der Waals surface area contributed by atoms with Crippen molar-refractivity contribution in [3.8, 4) is 0 Å². The van der Waals surface area contributed by atoms with Crippen molar-refractivity contribution >= 4 is 56.6 Å². The molecule has 0 aliphatic heterocycles. The summed E-state index contributed by atoms with van der Waals surface area (Å²) in [6, 6.07) is 5.42. The summed E-state index contributed by atoms with van der Waals surface area (Å²) in [4.78, 5) is 4.50. The van der Waals surface area contributed by atoms with E-state index in [0.717, 1.165) is 29.8 Å². The van der Waals surface area contributed by atoms with Gasteiger partial charge in [0.05, 0.1) is 20.5 Å². The van der Waals surface area contributed by atoms with Crippen LogP contribution in [0.3, 0.4) is 0 Å². The fourth-order valence-electron chi connectivity index (χ4n) is 2.20. The Morgan fingerprint density at radius 1 is 1.40 bits per heavy atom. The van der Waals surface area contributed by atoms with Gasteiger partial charge < -0.3 is 4.57 Å². The lowest BCUT2D eigenvalue weighted by Gasteiger charge is -2.07. The number of alkyl halides is 1. The van der Waals surface area contributed by atoms with Crippen molar-refractivity contribution in [2.75, 3.05) is 0 Å². The number of halogens is 3. The number of aromatic nitrogens is 2. The van der Waals surface area contributed by atoms with Crippen LogP contribution < -0.4 is 0 Å². The lowest BCUT2D eigenvalue weighted by atomic mass is 10.2. The topological polar surface area (TPSA) is 17.8 Å². The van der Waals surface area contributed by atoms with Crippen LogP contribution in [0.15, 0.2) is 29.0 Å². The van der Waals surface area contributed by atoms with Gasteiger partial charge in [-0.15, -0.1) is 11.6 Å². The van der Waals surface area contributed by atoms with E-state index in [1.54, 1.807) is 23.5 Å². The summed E-state index contributed by atoms with van der Waals surface area (Å²) in [6.07, 6.45) is 0.895. The molecule has 2 aromatic heterocycles. The van der Waals surface area contributed by atoms with Crippen molar-refractivity contribution < 1.29 is 4.39 Å². The standard InChI is InChI=1S/C14H11ClFIN2S/c15-7-14-18-12-6-11(17)10(16)5-13(12)19(14)3-1-9-2-4-20-8-9/h2,4-6,8H,1,3,7H2. The Bertz CT molecular complexity index is 739. The maximum Gasteiger partial charge on any atom is 0.138 e. The first-order valence-corrected chi connectivity index (χ1v) is 8.66. The number of aryl methyl sites for hydroxylation is 2. The fourth-order valence-corrected chi connectivity index (χ4v) is 3.56. The van der Waals surface area contributed by atoms with Gasteiger partial charge in [0, 0.05) is 12.6 Å². The minimum atomic E-state index is -0.212. The van der Waals surface area contributed by atoms with E-state index in [1.807, 2.05) is 27.2 Å². The third-order valence-electron chi connectivity index (χ3n) is 3.19. The van der Waals surface area contributed by atoms with Crippen LogP contribution in [-0.2, 0) is 18.8 Å². The highest BCUT2D eigenvalue weighted by Crippen LogP contribution is 2.23. The molecule has 0 atom stereocenters. The maximum absolute atomic E-state index is 13.8. The molecule has 3 rings (SSSR count). The number of imidazole rings is 1. The van der Waals surface area contributed by atoms with Crippen molar-refractivity contribution in [3.63, 3.8) is 0 Å². The van der Waals surface area contributed by atoms with Gasteiger partial charge >= 0.3 is 0 Å². The second kappa shape index (κ2) is 5.99. The van der Waals surface area contributed by atoms with Crippen LogP contribution in [0.4, 0.5) is 4.39 Å². The summed E-state index contributed by atoms with van der Waals surface area (Å²) < 4.78 is 16.4. The Hall–Kier alpha value is -0.660. The largest absolute Gasteiger partial charge is 0.327 e. The van der Waals surface area contributed by atoms with E-state index in [1.165, 1.54) is 5.56 Å². The number of thiophene rings is 1. The van der Waals surface area contributed by atoms with Crippen LogP contribution in [-0.4, -0.2) is 9.55 Å². The fraction of sp³-hybridized carbons (Fsp3) is 0.214. The van der Waals surface area contributed by atoms with Crippen molar-refractivity contribution in [1.82, 2.24) is 9.55 Å². The highest BCUT2D eigenvalue weighted by Gasteiger charge is 2.13. The van der Waals surface area contributed by atoms with Crippen molar-refractivity contribution in [2.45, 2.75) is 18.8 Å². The summed E-state index contributed by atoms with van der Waals surface area (Å²) in [7, 11) is 0.